The van der Waals surface area contributed by atoms with E-state index in [1.807, 2.05) is 41.5 Å². The summed E-state index contributed by atoms with van der Waals surface area (Å²) in [6.07, 6.45) is 1.48. The van der Waals surface area contributed by atoms with Crippen molar-refractivity contribution >= 4 is 5.91 Å². The second-order valence-electron chi connectivity index (χ2n) is 9.34. The predicted octanol–water partition coefficient (Wildman–Crippen LogP) is 4.44. The lowest BCUT2D eigenvalue weighted by molar-refractivity contribution is -0.123. The Bertz CT molecular complexity index is 806. The standard InChI is InChI=1S/C22H32FN3O3/c1-21(2,3)17(14-28-16-11-8-7-10-15(16)23)24-18(27)12-9-13-19-25-20(26-29-19)22(4,5)6/h7-8,10-11,17H,9,12-14H2,1-6H3,(H,24,27). The van der Waals surface area contributed by atoms with Crippen LogP contribution in [0.2, 0.25) is 0 Å². The normalized spacial score (nSPS) is 13.2. The lowest BCUT2D eigenvalue weighted by Gasteiger charge is -2.31. The minimum Gasteiger partial charge on any atom is -0.488 e. The maximum absolute atomic E-state index is 13.8. The molecule has 7 heteroatoms. The van der Waals surface area contributed by atoms with Gasteiger partial charge in [0.05, 0.1) is 6.04 Å². The highest BCUT2D eigenvalue weighted by molar-refractivity contribution is 5.76. The highest BCUT2D eigenvalue weighted by Gasteiger charge is 2.27. The molecule has 2 rings (SSSR count). The molecule has 1 aromatic carbocycles. The third kappa shape index (κ3) is 7.15. The Morgan fingerprint density at radius 1 is 1.21 bits per heavy atom. The number of halogens is 1. The fourth-order valence-electron chi connectivity index (χ4n) is 2.57. The first kappa shape index (κ1) is 22.8. The third-order valence-corrected chi connectivity index (χ3v) is 4.56. The summed E-state index contributed by atoms with van der Waals surface area (Å²) in [4.78, 5) is 16.8. The summed E-state index contributed by atoms with van der Waals surface area (Å²) in [6, 6.07) is 5.99. The van der Waals surface area contributed by atoms with Crippen molar-refractivity contribution in [1.29, 1.82) is 0 Å². The van der Waals surface area contributed by atoms with Crippen LogP contribution in [-0.2, 0) is 16.6 Å². The Morgan fingerprint density at radius 3 is 2.48 bits per heavy atom. The Kier molecular flexibility index (Phi) is 7.38. The van der Waals surface area contributed by atoms with Gasteiger partial charge in [-0.15, -0.1) is 0 Å². The monoisotopic (exact) mass is 405 g/mol. The number of carbonyl (C=O) groups excluding carboxylic acids is 1. The highest BCUT2D eigenvalue weighted by Crippen LogP contribution is 2.23. The number of aryl methyl sites for hydroxylation is 1. The number of benzene rings is 1. The SMILES string of the molecule is CC(C)(C)c1noc(CCCC(=O)NC(COc2ccccc2F)C(C)(C)C)n1. The molecule has 1 aromatic heterocycles. The second kappa shape index (κ2) is 9.37. The van der Waals surface area contributed by atoms with E-state index in [1.165, 1.54) is 6.07 Å². The molecule has 1 atom stereocenters. The van der Waals surface area contributed by atoms with E-state index in [9.17, 15) is 9.18 Å². The maximum Gasteiger partial charge on any atom is 0.226 e. The molecule has 0 fully saturated rings. The summed E-state index contributed by atoms with van der Waals surface area (Å²) >= 11 is 0. The lowest BCUT2D eigenvalue weighted by atomic mass is 9.87. The van der Waals surface area contributed by atoms with Crippen LogP contribution in [0, 0.1) is 11.2 Å². The van der Waals surface area contributed by atoms with E-state index in [0.717, 1.165) is 0 Å². The lowest BCUT2D eigenvalue weighted by Crippen LogP contribution is -2.47. The largest absolute Gasteiger partial charge is 0.488 e. The van der Waals surface area contributed by atoms with Crippen LogP contribution in [0.25, 0.3) is 0 Å². The molecule has 29 heavy (non-hydrogen) atoms. The van der Waals surface area contributed by atoms with Gasteiger partial charge in [0.15, 0.2) is 17.4 Å². The zero-order valence-corrected chi connectivity index (χ0v) is 18.2. The summed E-state index contributed by atoms with van der Waals surface area (Å²) in [5.41, 5.74) is -0.410. The van der Waals surface area contributed by atoms with Crippen LogP contribution in [0.4, 0.5) is 4.39 Å². The van der Waals surface area contributed by atoms with E-state index in [4.69, 9.17) is 9.26 Å². The molecule has 160 valence electrons. The molecule has 0 aliphatic carbocycles. The summed E-state index contributed by atoms with van der Waals surface area (Å²) in [7, 11) is 0. The van der Waals surface area contributed by atoms with Gasteiger partial charge >= 0.3 is 0 Å². The number of aromatic nitrogens is 2. The van der Waals surface area contributed by atoms with Gasteiger partial charge in [-0.1, -0.05) is 58.8 Å². The molecule has 0 aliphatic heterocycles. The number of carbonyl (C=O) groups is 1. The first-order chi connectivity index (χ1) is 13.5. The first-order valence-electron chi connectivity index (χ1n) is 9.96. The molecular formula is C22H32FN3O3. The van der Waals surface area contributed by atoms with Crippen molar-refractivity contribution in [2.24, 2.45) is 5.41 Å². The van der Waals surface area contributed by atoms with Gasteiger partial charge in [0, 0.05) is 18.3 Å². The zero-order valence-electron chi connectivity index (χ0n) is 18.2. The summed E-state index contributed by atoms with van der Waals surface area (Å²) in [6.45, 7) is 12.3. The summed E-state index contributed by atoms with van der Waals surface area (Å²) in [5.74, 6) is 0.883. The second-order valence-corrected chi connectivity index (χ2v) is 9.34. The van der Waals surface area contributed by atoms with E-state index in [-0.39, 0.29) is 35.1 Å². The van der Waals surface area contributed by atoms with Crippen molar-refractivity contribution in [1.82, 2.24) is 15.5 Å². The first-order valence-corrected chi connectivity index (χ1v) is 9.96. The van der Waals surface area contributed by atoms with Crippen LogP contribution in [0.3, 0.4) is 0 Å². The minimum absolute atomic E-state index is 0.0855. The molecule has 0 saturated carbocycles. The molecule has 1 N–H and O–H groups in total. The van der Waals surface area contributed by atoms with Gasteiger partial charge in [-0.05, 0) is 24.0 Å². The number of rotatable bonds is 8. The topological polar surface area (TPSA) is 77.2 Å². The number of amides is 1. The smallest absolute Gasteiger partial charge is 0.226 e. The van der Waals surface area contributed by atoms with Gasteiger partial charge in [0.25, 0.3) is 0 Å². The van der Waals surface area contributed by atoms with E-state index < -0.39 is 5.82 Å². The molecule has 2 aromatic rings. The Morgan fingerprint density at radius 2 is 1.90 bits per heavy atom. The van der Waals surface area contributed by atoms with Crippen molar-refractivity contribution in [2.75, 3.05) is 6.61 Å². The van der Waals surface area contributed by atoms with Crippen molar-refractivity contribution in [3.8, 4) is 5.75 Å². The number of nitrogens with zero attached hydrogens (tertiary/aromatic N) is 2. The third-order valence-electron chi connectivity index (χ3n) is 4.56. The van der Waals surface area contributed by atoms with E-state index in [2.05, 4.69) is 15.5 Å². The van der Waals surface area contributed by atoms with Crippen LogP contribution in [0.1, 0.15) is 66.1 Å². The molecule has 0 spiro atoms. The molecule has 1 heterocycles. The van der Waals surface area contributed by atoms with E-state index in [0.29, 0.717) is 31.0 Å². The van der Waals surface area contributed by atoms with Crippen LogP contribution in [0.15, 0.2) is 28.8 Å². The fraction of sp³-hybridized carbons (Fsp3) is 0.591. The van der Waals surface area contributed by atoms with Crippen LogP contribution in [0.5, 0.6) is 5.75 Å². The average Bonchev–Trinajstić information content (AvgIpc) is 3.08. The Hall–Kier alpha value is -2.44. The number of nitrogens with one attached hydrogen (secondary N) is 1. The molecule has 6 nitrogen and oxygen atoms in total. The van der Waals surface area contributed by atoms with E-state index in [1.54, 1.807) is 18.2 Å². The van der Waals surface area contributed by atoms with Crippen molar-refractivity contribution in [3.63, 3.8) is 0 Å². The number of hydrogen-bond donors (Lipinski definition) is 1. The van der Waals surface area contributed by atoms with Gasteiger partial charge in [-0.25, -0.2) is 4.39 Å². The zero-order chi connectivity index (χ0) is 21.7. The minimum atomic E-state index is -0.416. The van der Waals surface area contributed by atoms with Crippen molar-refractivity contribution in [3.05, 3.63) is 41.8 Å². The van der Waals surface area contributed by atoms with Gasteiger partial charge in [0.2, 0.25) is 11.8 Å². The van der Waals surface area contributed by atoms with Crippen molar-refractivity contribution in [2.45, 2.75) is 72.3 Å². The fourth-order valence-corrected chi connectivity index (χ4v) is 2.57. The molecule has 0 radical (unpaired) electrons. The molecule has 0 aliphatic rings. The van der Waals surface area contributed by atoms with Crippen LogP contribution < -0.4 is 10.1 Å². The van der Waals surface area contributed by atoms with Gasteiger partial charge in [-0.2, -0.15) is 4.98 Å². The van der Waals surface area contributed by atoms with Gasteiger partial charge in [0.1, 0.15) is 6.61 Å². The molecule has 0 saturated heterocycles. The maximum atomic E-state index is 13.8. The van der Waals surface area contributed by atoms with Crippen molar-refractivity contribution < 1.29 is 18.4 Å². The van der Waals surface area contributed by atoms with E-state index >= 15 is 0 Å². The van der Waals surface area contributed by atoms with Crippen LogP contribution in [-0.4, -0.2) is 28.7 Å². The average molecular weight is 406 g/mol. The van der Waals surface area contributed by atoms with Gasteiger partial charge in [-0.3, -0.25) is 4.79 Å². The Labute approximate surface area is 172 Å². The molecule has 1 unspecified atom stereocenters. The highest BCUT2D eigenvalue weighted by atomic mass is 19.1. The molecule has 0 bridgehead atoms. The quantitative estimate of drug-likeness (QED) is 0.703. The molecular weight excluding hydrogens is 373 g/mol. The predicted molar refractivity (Wildman–Crippen MR) is 109 cm³/mol. The number of hydrogen-bond acceptors (Lipinski definition) is 5. The summed E-state index contributed by atoms with van der Waals surface area (Å²) in [5, 5.41) is 7.00. The number of ether oxygens (including phenoxy) is 1. The van der Waals surface area contributed by atoms with Crippen LogP contribution >= 0.6 is 0 Å². The molecule has 1 amide bonds. The summed E-state index contributed by atoms with van der Waals surface area (Å²) < 4.78 is 24.6. The Balaban J connectivity index is 1.85. The number of para-hydroxylation sites is 1. The van der Waals surface area contributed by atoms with Gasteiger partial charge < -0.3 is 14.6 Å².